The molecule has 1 aliphatic rings. The number of hydrogen-bond donors (Lipinski definition) is 0. The molecule has 1 aliphatic heterocycles. The lowest BCUT2D eigenvalue weighted by molar-refractivity contribution is 0.0416. The molecule has 0 N–H and O–H groups in total. The van der Waals surface area contributed by atoms with Crippen LogP contribution < -0.4 is 9.47 Å². The molecule has 3 rings (SSSR count). The summed E-state index contributed by atoms with van der Waals surface area (Å²) in [4.78, 5) is 26.1. The third-order valence-corrected chi connectivity index (χ3v) is 4.25. The van der Waals surface area contributed by atoms with Crippen LogP contribution in [0.4, 0.5) is 4.79 Å². The summed E-state index contributed by atoms with van der Waals surface area (Å²) < 4.78 is 16.1. The molecule has 0 spiro atoms. The Kier molecular flexibility index (Phi) is 6.81. The number of rotatable bonds is 6. The molecule has 0 aromatic heterocycles. The lowest BCUT2D eigenvalue weighted by Crippen LogP contribution is -2.42. The molecule has 0 saturated carbocycles. The lowest BCUT2D eigenvalue weighted by Gasteiger charge is -2.25. The van der Waals surface area contributed by atoms with E-state index in [9.17, 15) is 9.59 Å². The Morgan fingerprint density at radius 3 is 2.50 bits per heavy atom. The standard InChI is InChI=1S/C22H23NO5/c1-2-27-21-6-4-3-5-18(21)9-12-20(24)17-7-10-19(11-8-17)28-22(25)23-13-15-26-16-14-23/h3-12H,2,13-16H2,1H3. The molecule has 1 amide bonds. The summed E-state index contributed by atoms with van der Waals surface area (Å²) in [5.41, 5.74) is 1.35. The summed E-state index contributed by atoms with van der Waals surface area (Å²) in [6.07, 6.45) is 2.83. The maximum atomic E-state index is 12.4. The molecule has 1 saturated heterocycles. The van der Waals surface area contributed by atoms with Gasteiger partial charge in [-0.2, -0.15) is 0 Å². The number of nitrogens with zero attached hydrogens (tertiary/aromatic N) is 1. The molecule has 0 bridgehead atoms. The van der Waals surface area contributed by atoms with E-state index in [-0.39, 0.29) is 5.78 Å². The van der Waals surface area contributed by atoms with Crippen molar-refractivity contribution in [1.82, 2.24) is 4.90 Å². The molecule has 6 heteroatoms. The van der Waals surface area contributed by atoms with Crippen LogP contribution in [-0.4, -0.2) is 49.7 Å². The van der Waals surface area contributed by atoms with Gasteiger partial charge >= 0.3 is 6.09 Å². The summed E-state index contributed by atoms with van der Waals surface area (Å²) in [6, 6.07) is 14.1. The largest absolute Gasteiger partial charge is 0.493 e. The fraction of sp³-hybridized carbons (Fsp3) is 0.273. The average Bonchev–Trinajstić information content (AvgIpc) is 2.74. The Labute approximate surface area is 164 Å². The molecule has 1 heterocycles. The van der Waals surface area contributed by atoms with E-state index in [0.717, 1.165) is 11.3 Å². The van der Waals surface area contributed by atoms with Gasteiger partial charge in [-0.1, -0.05) is 18.2 Å². The van der Waals surface area contributed by atoms with Crippen molar-refractivity contribution in [3.63, 3.8) is 0 Å². The topological polar surface area (TPSA) is 65.1 Å². The molecule has 0 unspecified atom stereocenters. The molecular formula is C22H23NO5. The number of hydrogen-bond acceptors (Lipinski definition) is 5. The zero-order valence-corrected chi connectivity index (χ0v) is 15.8. The first kappa shape index (κ1) is 19.6. The van der Waals surface area contributed by atoms with Crippen LogP contribution in [0, 0.1) is 0 Å². The van der Waals surface area contributed by atoms with Crippen molar-refractivity contribution in [2.45, 2.75) is 6.92 Å². The zero-order chi connectivity index (χ0) is 19.8. The Morgan fingerprint density at radius 1 is 1.07 bits per heavy atom. The number of para-hydroxylation sites is 1. The molecule has 28 heavy (non-hydrogen) atoms. The molecule has 146 valence electrons. The van der Waals surface area contributed by atoms with Gasteiger partial charge in [-0.05, 0) is 49.4 Å². The van der Waals surface area contributed by atoms with Gasteiger partial charge in [0.2, 0.25) is 0 Å². The number of ether oxygens (including phenoxy) is 3. The maximum Gasteiger partial charge on any atom is 0.415 e. The van der Waals surface area contributed by atoms with Gasteiger partial charge in [0, 0.05) is 24.2 Å². The highest BCUT2D eigenvalue weighted by molar-refractivity contribution is 6.07. The second-order valence-electron chi connectivity index (χ2n) is 6.16. The van der Waals surface area contributed by atoms with Crippen molar-refractivity contribution < 1.29 is 23.8 Å². The van der Waals surface area contributed by atoms with Crippen molar-refractivity contribution in [2.75, 3.05) is 32.9 Å². The van der Waals surface area contributed by atoms with E-state index in [4.69, 9.17) is 14.2 Å². The summed E-state index contributed by atoms with van der Waals surface area (Å²) >= 11 is 0. The van der Waals surface area contributed by atoms with Crippen LogP contribution in [0.2, 0.25) is 0 Å². The highest BCUT2D eigenvalue weighted by Crippen LogP contribution is 2.20. The van der Waals surface area contributed by atoms with Gasteiger partial charge in [-0.3, -0.25) is 4.79 Å². The summed E-state index contributed by atoms with van der Waals surface area (Å²) in [6.45, 7) is 4.54. The minimum atomic E-state index is -0.408. The van der Waals surface area contributed by atoms with Gasteiger partial charge in [0.15, 0.2) is 5.78 Å². The van der Waals surface area contributed by atoms with Crippen LogP contribution in [0.5, 0.6) is 11.5 Å². The summed E-state index contributed by atoms with van der Waals surface area (Å²) in [7, 11) is 0. The summed E-state index contributed by atoms with van der Waals surface area (Å²) in [5, 5.41) is 0. The highest BCUT2D eigenvalue weighted by Gasteiger charge is 2.18. The molecule has 0 radical (unpaired) electrons. The van der Waals surface area contributed by atoms with Gasteiger partial charge < -0.3 is 19.1 Å². The molecule has 2 aromatic carbocycles. The smallest absolute Gasteiger partial charge is 0.415 e. The normalized spacial score (nSPS) is 14.1. The van der Waals surface area contributed by atoms with Crippen molar-refractivity contribution in [1.29, 1.82) is 0 Å². The number of benzene rings is 2. The van der Waals surface area contributed by atoms with Gasteiger partial charge in [-0.25, -0.2) is 4.79 Å². The third kappa shape index (κ3) is 5.20. The van der Waals surface area contributed by atoms with Crippen LogP contribution in [0.25, 0.3) is 6.08 Å². The van der Waals surface area contributed by atoms with E-state index in [0.29, 0.717) is 44.2 Å². The Hall–Kier alpha value is -3.12. The second kappa shape index (κ2) is 9.71. The van der Waals surface area contributed by atoms with E-state index < -0.39 is 6.09 Å². The van der Waals surface area contributed by atoms with Gasteiger partial charge in [0.05, 0.1) is 19.8 Å². The first-order valence-electron chi connectivity index (χ1n) is 9.26. The molecule has 0 atom stereocenters. The highest BCUT2D eigenvalue weighted by atomic mass is 16.6. The lowest BCUT2D eigenvalue weighted by atomic mass is 10.1. The average molecular weight is 381 g/mol. The van der Waals surface area contributed by atoms with E-state index >= 15 is 0 Å². The number of carbonyl (C=O) groups excluding carboxylic acids is 2. The predicted octanol–water partition coefficient (Wildman–Crippen LogP) is 3.81. The SMILES string of the molecule is CCOc1ccccc1C=CC(=O)c1ccc(OC(=O)N2CCOCC2)cc1. The maximum absolute atomic E-state index is 12.4. The minimum absolute atomic E-state index is 0.141. The Balaban J connectivity index is 1.61. The van der Waals surface area contributed by atoms with Crippen LogP contribution in [0.1, 0.15) is 22.8 Å². The molecule has 2 aromatic rings. The fourth-order valence-electron chi connectivity index (χ4n) is 2.77. The van der Waals surface area contributed by atoms with E-state index in [1.54, 1.807) is 35.2 Å². The molecule has 0 aliphatic carbocycles. The van der Waals surface area contributed by atoms with E-state index in [1.807, 2.05) is 31.2 Å². The zero-order valence-electron chi connectivity index (χ0n) is 15.8. The van der Waals surface area contributed by atoms with Crippen molar-refractivity contribution in [3.05, 3.63) is 65.7 Å². The Bertz CT molecular complexity index is 838. The second-order valence-corrected chi connectivity index (χ2v) is 6.16. The van der Waals surface area contributed by atoms with Gasteiger partial charge in [0.1, 0.15) is 11.5 Å². The van der Waals surface area contributed by atoms with Crippen LogP contribution >= 0.6 is 0 Å². The van der Waals surface area contributed by atoms with Crippen LogP contribution in [0.3, 0.4) is 0 Å². The predicted molar refractivity (Wildman–Crippen MR) is 106 cm³/mol. The molecule has 6 nitrogen and oxygen atoms in total. The monoisotopic (exact) mass is 381 g/mol. The first-order chi connectivity index (χ1) is 13.7. The van der Waals surface area contributed by atoms with E-state index in [2.05, 4.69) is 0 Å². The van der Waals surface area contributed by atoms with Crippen molar-refractivity contribution >= 4 is 18.0 Å². The molecular weight excluding hydrogens is 358 g/mol. The van der Waals surface area contributed by atoms with Gasteiger partial charge in [-0.15, -0.1) is 0 Å². The van der Waals surface area contributed by atoms with E-state index in [1.165, 1.54) is 6.08 Å². The summed E-state index contributed by atoms with van der Waals surface area (Å²) in [5.74, 6) is 0.996. The van der Waals surface area contributed by atoms with Crippen molar-refractivity contribution in [2.24, 2.45) is 0 Å². The number of allylic oxidation sites excluding steroid dienone is 1. The van der Waals surface area contributed by atoms with Crippen molar-refractivity contribution in [3.8, 4) is 11.5 Å². The van der Waals surface area contributed by atoms with Gasteiger partial charge in [0.25, 0.3) is 0 Å². The Morgan fingerprint density at radius 2 is 1.79 bits per heavy atom. The number of morpholine rings is 1. The first-order valence-corrected chi connectivity index (χ1v) is 9.26. The quantitative estimate of drug-likeness (QED) is 0.562. The third-order valence-electron chi connectivity index (χ3n) is 4.25. The van der Waals surface area contributed by atoms with Crippen LogP contribution in [-0.2, 0) is 4.74 Å². The molecule has 1 fully saturated rings. The minimum Gasteiger partial charge on any atom is -0.493 e. The number of amides is 1. The number of ketones is 1. The number of carbonyl (C=O) groups is 2. The van der Waals surface area contributed by atoms with Crippen LogP contribution in [0.15, 0.2) is 54.6 Å². The fourth-order valence-corrected chi connectivity index (χ4v) is 2.77.